The van der Waals surface area contributed by atoms with Gasteiger partial charge >= 0.3 is 0 Å². The second kappa shape index (κ2) is 7.09. The Labute approximate surface area is 129 Å². The zero-order chi connectivity index (χ0) is 15.3. The maximum absolute atomic E-state index is 11.2. The minimum Gasteiger partial charge on any atom is -0.368 e. The van der Waals surface area contributed by atoms with Crippen molar-refractivity contribution in [1.29, 1.82) is 0 Å². The Bertz CT molecular complexity index is 469. The van der Waals surface area contributed by atoms with E-state index in [9.17, 15) is 4.79 Å². The second-order valence-electron chi connectivity index (χ2n) is 5.86. The number of anilines is 1. The van der Waals surface area contributed by atoms with Crippen LogP contribution in [0.1, 0.15) is 33.3 Å². The zero-order valence-electron chi connectivity index (χ0n) is 12.7. The number of nitrogens with one attached hydrogen (secondary N) is 1. The SMILES string of the molecule is CCN(CC(N)=O)c1ccc(Br)cc1CNC(C)(C)C. The molecule has 0 atom stereocenters. The molecule has 0 aliphatic heterocycles. The average Bonchev–Trinajstić information content (AvgIpc) is 2.33. The molecule has 0 spiro atoms. The van der Waals surface area contributed by atoms with Crippen molar-refractivity contribution in [3.05, 3.63) is 28.2 Å². The quantitative estimate of drug-likeness (QED) is 0.836. The van der Waals surface area contributed by atoms with Gasteiger partial charge in [0.2, 0.25) is 5.91 Å². The largest absolute Gasteiger partial charge is 0.368 e. The Balaban J connectivity index is 3.02. The normalized spacial score (nSPS) is 11.4. The monoisotopic (exact) mass is 341 g/mol. The van der Waals surface area contributed by atoms with Crippen LogP contribution in [0.2, 0.25) is 0 Å². The highest BCUT2D eigenvalue weighted by atomic mass is 79.9. The van der Waals surface area contributed by atoms with E-state index >= 15 is 0 Å². The summed E-state index contributed by atoms with van der Waals surface area (Å²) in [6.45, 7) is 10.1. The van der Waals surface area contributed by atoms with Crippen molar-refractivity contribution in [2.75, 3.05) is 18.0 Å². The number of primary amides is 1. The standard InChI is InChI=1S/C15H24BrN3O/c1-5-19(10-14(17)20)13-7-6-12(16)8-11(13)9-18-15(2,3)4/h6-8,18H,5,9-10H2,1-4H3,(H2,17,20). The van der Waals surface area contributed by atoms with Gasteiger partial charge in [-0.2, -0.15) is 0 Å². The number of hydrogen-bond donors (Lipinski definition) is 2. The Morgan fingerprint density at radius 1 is 1.40 bits per heavy atom. The number of nitrogens with zero attached hydrogens (tertiary/aromatic N) is 1. The molecule has 0 saturated carbocycles. The third-order valence-electron chi connectivity index (χ3n) is 2.92. The summed E-state index contributed by atoms with van der Waals surface area (Å²) in [4.78, 5) is 13.2. The Kier molecular flexibility index (Phi) is 6.02. The number of likely N-dealkylation sites (N-methyl/N-ethyl adjacent to an activating group) is 1. The van der Waals surface area contributed by atoms with Crippen LogP contribution in [0.5, 0.6) is 0 Å². The van der Waals surface area contributed by atoms with Crippen LogP contribution in [0.4, 0.5) is 5.69 Å². The number of halogens is 1. The van der Waals surface area contributed by atoms with Gasteiger partial charge in [-0.05, 0) is 51.5 Å². The lowest BCUT2D eigenvalue weighted by atomic mass is 10.1. The summed E-state index contributed by atoms with van der Waals surface area (Å²) in [5.41, 5.74) is 7.56. The van der Waals surface area contributed by atoms with Gasteiger partial charge in [-0.25, -0.2) is 0 Å². The highest BCUT2D eigenvalue weighted by Crippen LogP contribution is 2.25. The fraction of sp³-hybridized carbons (Fsp3) is 0.533. The van der Waals surface area contributed by atoms with Crippen molar-refractivity contribution in [2.24, 2.45) is 5.73 Å². The van der Waals surface area contributed by atoms with Gasteiger partial charge < -0.3 is 16.0 Å². The first-order chi connectivity index (χ1) is 9.23. The van der Waals surface area contributed by atoms with Crippen molar-refractivity contribution in [3.8, 4) is 0 Å². The molecule has 0 radical (unpaired) electrons. The van der Waals surface area contributed by atoms with Gasteiger partial charge in [-0.1, -0.05) is 15.9 Å². The Morgan fingerprint density at radius 3 is 2.55 bits per heavy atom. The summed E-state index contributed by atoms with van der Waals surface area (Å²) in [6, 6.07) is 6.09. The van der Waals surface area contributed by atoms with Crippen LogP contribution in [0.3, 0.4) is 0 Å². The first-order valence-electron chi connectivity index (χ1n) is 6.79. The van der Waals surface area contributed by atoms with Crippen LogP contribution < -0.4 is 16.0 Å². The van der Waals surface area contributed by atoms with Crippen molar-refractivity contribution in [3.63, 3.8) is 0 Å². The molecular formula is C15H24BrN3O. The molecule has 0 unspecified atom stereocenters. The molecule has 0 heterocycles. The van der Waals surface area contributed by atoms with Crippen LogP contribution >= 0.6 is 15.9 Å². The predicted octanol–water partition coefficient (Wildman–Crippen LogP) is 2.65. The molecule has 112 valence electrons. The molecule has 0 aliphatic carbocycles. The minimum absolute atomic E-state index is 0.0420. The van der Waals surface area contributed by atoms with Gasteiger partial charge in [0.25, 0.3) is 0 Å². The molecule has 0 aliphatic rings. The topological polar surface area (TPSA) is 58.4 Å². The van der Waals surface area contributed by atoms with E-state index in [1.165, 1.54) is 0 Å². The third-order valence-corrected chi connectivity index (χ3v) is 3.41. The number of carbonyl (C=O) groups is 1. The molecule has 1 aromatic rings. The predicted molar refractivity (Wildman–Crippen MR) is 87.8 cm³/mol. The molecular weight excluding hydrogens is 318 g/mol. The van der Waals surface area contributed by atoms with E-state index in [4.69, 9.17) is 5.73 Å². The van der Waals surface area contributed by atoms with Gasteiger partial charge in [0.15, 0.2) is 0 Å². The van der Waals surface area contributed by atoms with E-state index in [0.717, 1.165) is 28.8 Å². The summed E-state index contributed by atoms with van der Waals surface area (Å²) in [7, 11) is 0. The molecule has 20 heavy (non-hydrogen) atoms. The molecule has 0 fully saturated rings. The molecule has 0 bridgehead atoms. The highest BCUT2D eigenvalue weighted by molar-refractivity contribution is 9.10. The molecule has 0 aromatic heterocycles. The number of hydrogen-bond acceptors (Lipinski definition) is 3. The Hall–Kier alpha value is -1.07. The first kappa shape index (κ1) is 17.0. The highest BCUT2D eigenvalue weighted by Gasteiger charge is 2.15. The Morgan fingerprint density at radius 2 is 2.05 bits per heavy atom. The van der Waals surface area contributed by atoms with Crippen LogP contribution in [-0.4, -0.2) is 24.5 Å². The summed E-state index contributed by atoms with van der Waals surface area (Å²) in [6.07, 6.45) is 0. The smallest absolute Gasteiger partial charge is 0.236 e. The average molecular weight is 342 g/mol. The summed E-state index contributed by atoms with van der Waals surface area (Å²) < 4.78 is 1.03. The van der Waals surface area contributed by atoms with E-state index < -0.39 is 0 Å². The van der Waals surface area contributed by atoms with Crippen molar-refractivity contribution >= 4 is 27.5 Å². The number of amides is 1. The summed E-state index contributed by atoms with van der Waals surface area (Å²) in [5.74, 6) is -0.315. The molecule has 4 nitrogen and oxygen atoms in total. The molecule has 1 rings (SSSR count). The van der Waals surface area contributed by atoms with Gasteiger partial charge in [-0.15, -0.1) is 0 Å². The maximum atomic E-state index is 11.2. The van der Waals surface area contributed by atoms with Crippen LogP contribution in [0.15, 0.2) is 22.7 Å². The van der Waals surface area contributed by atoms with Gasteiger partial charge in [0.1, 0.15) is 0 Å². The molecule has 0 saturated heterocycles. The molecule has 1 amide bonds. The van der Waals surface area contributed by atoms with Crippen molar-refractivity contribution in [2.45, 2.75) is 39.8 Å². The first-order valence-corrected chi connectivity index (χ1v) is 7.59. The summed E-state index contributed by atoms with van der Waals surface area (Å²) >= 11 is 3.50. The van der Waals surface area contributed by atoms with Crippen LogP contribution in [0.25, 0.3) is 0 Å². The maximum Gasteiger partial charge on any atom is 0.236 e. The van der Waals surface area contributed by atoms with Gasteiger partial charge in [0, 0.05) is 28.8 Å². The van der Waals surface area contributed by atoms with E-state index in [0.29, 0.717) is 0 Å². The number of nitrogens with two attached hydrogens (primary N) is 1. The van der Waals surface area contributed by atoms with Crippen molar-refractivity contribution < 1.29 is 4.79 Å². The van der Waals surface area contributed by atoms with E-state index in [-0.39, 0.29) is 18.0 Å². The fourth-order valence-electron chi connectivity index (χ4n) is 1.92. The summed E-state index contributed by atoms with van der Waals surface area (Å²) in [5, 5.41) is 3.47. The fourth-order valence-corrected chi connectivity index (χ4v) is 2.33. The number of carbonyl (C=O) groups excluding carboxylic acids is 1. The van der Waals surface area contributed by atoms with Gasteiger partial charge in [0.05, 0.1) is 6.54 Å². The zero-order valence-corrected chi connectivity index (χ0v) is 14.3. The van der Waals surface area contributed by atoms with E-state index in [1.807, 2.05) is 24.0 Å². The molecule has 5 heteroatoms. The van der Waals surface area contributed by atoms with Crippen LogP contribution in [0, 0.1) is 0 Å². The van der Waals surface area contributed by atoms with E-state index in [1.54, 1.807) is 0 Å². The minimum atomic E-state index is -0.315. The van der Waals surface area contributed by atoms with E-state index in [2.05, 4.69) is 48.1 Å². The lowest BCUT2D eigenvalue weighted by Crippen LogP contribution is -2.37. The van der Waals surface area contributed by atoms with Gasteiger partial charge in [-0.3, -0.25) is 4.79 Å². The van der Waals surface area contributed by atoms with Crippen LogP contribution in [-0.2, 0) is 11.3 Å². The lowest BCUT2D eigenvalue weighted by Gasteiger charge is -2.27. The molecule has 1 aromatic carbocycles. The lowest BCUT2D eigenvalue weighted by molar-refractivity contribution is -0.116. The number of benzene rings is 1. The third kappa shape index (κ3) is 5.51. The molecule has 3 N–H and O–H groups in total. The second-order valence-corrected chi connectivity index (χ2v) is 6.77. The number of rotatable bonds is 6. The van der Waals surface area contributed by atoms with Crippen molar-refractivity contribution in [1.82, 2.24) is 5.32 Å².